The number of benzene rings is 1. The van der Waals surface area contributed by atoms with Crippen LogP contribution in [0.25, 0.3) is 0 Å². The summed E-state index contributed by atoms with van der Waals surface area (Å²) < 4.78 is 4.88. The lowest BCUT2D eigenvalue weighted by Crippen LogP contribution is -2.15. The second kappa shape index (κ2) is 4.69. The van der Waals surface area contributed by atoms with E-state index in [2.05, 4.69) is 0 Å². The van der Waals surface area contributed by atoms with Crippen LogP contribution in [0.4, 0.5) is 5.69 Å². The average Bonchev–Trinajstić information content (AvgIpc) is 2.18. The SMILES string of the molecule is COC[C@@H](N)c1ccc([N+](=O)[O-])cc1. The monoisotopic (exact) mass is 196 g/mol. The number of nitrogens with zero attached hydrogens (tertiary/aromatic N) is 1. The molecule has 0 spiro atoms. The second-order valence-corrected chi connectivity index (χ2v) is 2.91. The molecule has 76 valence electrons. The van der Waals surface area contributed by atoms with Crippen LogP contribution in [-0.2, 0) is 4.74 Å². The molecule has 1 rings (SSSR count). The number of non-ortho nitro benzene ring substituents is 1. The zero-order valence-corrected chi connectivity index (χ0v) is 7.84. The lowest BCUT2D eigenvalue weighted by Gasteiger charge is -2.09. The summed E-state index contributed by atoms with van der Waals surface area (Å²) in [6.45, 7) is 0.401. The van der Waals surface area contributed by atoms with Gasteiger partial charge in [-0.25, -0.2) is 0 Å². The molecule has 0 heterocycles. The number of methoxy groups -OCH3 is 1. The lowest BCUT2D eigenvalue weighted by atomic mass is 10.1. The van der Waals surface area contributed by atoms with Crippen molar-refractivity contribution in [3.8, 4) is 0 Å². The number of nitro benzene ring substituents is 1. The average molecular weight is 196 g/mol. The van der Waals surface area contributed by atoms with Crippen LogP contribution in [0.2, 0.25) is 0 Å². The van der Waals surface area contributed by atoms with Gasteiger partial charge >= 0.3 is 0 Å². The molecule has 5 heteroatoms. The van der Waals surface area contributed by atoms with Crippen molar-refractivity contribution < 1.29 is 9.66 Å². The van der Waals surface area contributed by atoms with E-state index in [4.69, 9.17) is 10.5 Å². The van der Waals surface area contributed by atoms with E-state index in [-0.39, 0.29) is 11.7 Å². The highest BCUT2D eigenvalue weighted by Gasteiger charge is 2.08. The third-order valence-electron chi connectivity index (χ3n) is 1.88. The number of nitrogens with two attached hydrogens (primary N) is 1. The minimum atomic E-state index is -0.439. The molecule has 2 N–H and O–H groups in total. The van der Waals surface area contributed by atoms with Crippen LogP contribution in [0, 0.1) is 10.1 Å². The molecule has 0 saturated carbocycles. The summed E-state index contributed by atoms with van der Waals surface area (Å²) in [5.41, 5.74) is 6.64. The Kier molecular flexibility index (Phi) is 3.55. The Morgan fingerprint density at radius 2 is 2.07 bits per heavy atom. The van der Waals surface area contributed by atoms with Gasteiger partial charge in [-0.2, -0.15) is 0 Å². The van der Waals surface area contributed by atoms with Crippen LogP contribution in [0.15, 0.2) is 24.3 Å². The molecule has 0 aliphatic carbocycles. The van der Waals surface area contributed by atoms with Crippen LogP contribution >= 0.6 is 0 Å². The molecular formula is C9H12N2O3. The van der Waals surface area contributed by atoms with Crippen molar-refractivity contribution in [2.75, 3.05) is 13.7 Å². The van der Waals surface area contributed by atoms with Gasteiger partial charge in [0.2, 0.25) is 0 Å². The molecule has 0 radical (unpaired) electrons. The highest BCUT2D eigenvalue weighted by molar-refractivity contribution is 5.34. The topological polar surface area (TPSA) is 78.4 Å². The Balaban J connectivity index is 2.77. The summed E-state index contributed by atoms with van der Waals surface area (Å²) in [7, 11) is 1.56. The first-order valence-electron chi connectivity index (χ1n) is 4.14. The Morgan fingerprint density at radius 3 is 2.50 bits per heavy atom. The lowest BCUT2D eigenvalue weighted by molar-refractivity contribution is -0.384. The molecule has 5 nitrogen and oxygen atoms in total. The number of nitro groups is 1. The van der Waals surface area contributed by atoms with E-state index in [0.29, 0.717) is 6.61 Å². The predicted octanol–water partition coefficient (Wildman–Crippen LogP) is 1.24. The van der Waals surface area contributed by atoms with Gasteiger partial charge in [0, 0.05) is 19.2 Å². The summed E-state index contributed by atoms with van der Waals surface area (Å²) in [5.74, 6) is 0. The summed E-state index contributed by atoms with van der Waals surface area (Å²) in [6.07, 6.45) is 0. The number of rotatable bonds is 4. The summed E-state index contributed by atoms with van der Waals surface area (Å²) in [6, 6.07) is 5.92. The van der Waals surface area contributed by atoms with Crippen molar-refractivity contribution in [3.63, 3.8) is 0 Å². The summed E-state index contributed by atoms with van der Waals surface area (Å²) in [5, 5.41) is 10.4. The first-order valence-corrected chi connectivity index (χ1v) is 4.14. The molecule has 1 aromatic carbocycles. The third kappa shape index (κ3) is 2.51. The summed E-state index contributed by atoms with van der Waals surface area (Å²) >= 11 is 0. The van der Waals surface area contributed by atoms with Gasteiger partial charge in [0.05, 0.1) is 17.6 Å². The molecule has 1 aromatic rings. The molecule has 14 heavy (non-hydrogen) atoms. The van der Waals surface area contributed by atoms with Gasteiger partial charge in [0.1, 0.15) is 0 Å². The Labute approximate surface area is 81.6 Å². The van der Waals surface area contributed by atoms with E-state index in [0.717, 1.165) is 5.56 Å². The smallest absolute Gasteiger partial charge is 0.269 e. The Hall–Kier alpha value is -1.46. The number of ether oxygens (including phenoxy) is 1. The maximum atomic E-state index is 10.4. The minimum Gasteiger partial charge on any atom is -0.383 e. The molecule has 0 unspecified atom stereocenters. The van der Waals surface area contributed by atoms with E-state index >= 15 is 0 Å². The quantitative estimate of drug-likeness (QED) is 0.580. The highest BCUT2D eigenvalue weighted by atomic mass is 16.6. The number of hydrogen-bond acceptors (Lipinski definition) is 4. The molecule has 0 saturated heterocycles. The third-order valence-corrected chi connectivity index (χ3v) is 1.88. The van der Waals surface area contributed by atoms with Gasteiger partial charge in [-0.1, -0.05) is 12.1 Å². The fourth-order valence-electron chi connectivity index (χ4n) is 1.12. The molecule has 1 atom stereocenters. The van der Waals surface area contributed by atoms with Gasteiger partial charge in [-0.05, 0) is 5.56 Å². The molecule has 0 aromatic heterocycles. The van der Waals surface area contributed by atoms with Gasteiger partial charge in [-0.3, -0.25) is 10.1 Å². The maximum absolute atomic E-state index is 10.4. The largest absolute Gasteiger partial charge is 0.383 e. The van der Waals surface area contributed by atoms with Crippen LogP contribution in [0.5, 0.6) is 0 Å². The van der Waals surface area contributed by atoms with E-state index in [9.17, 15) is 10.1 Å². The van der Waals surface area contributed by atoms with Crippen molar-refractivity contribution in [1.82, 2.24) is 0 Å². The van der Waals surface area contributed by atoms with Crippen molar-refractivity contribution in [2.24, 2.45) is 5.73 Å². The standard InChI is InChI=1S/C9H12N2O3/c1-14-6-9(10)7-2-4-8(5-3-7)11(12)13/h2-5,9H,6,10H2,1H3/t9-/m1/s1. The molecule has 0 fully saturated rings. The highest BCUT2D eigenvalue weighted by Crippen LogP contribution is 2.16. The molecule has 0 bridgehead atoms. The van der Waals surface area contributed by atoms with Crippen molar-refractivity contribution in [3.05, 3.63) is 39.9 Å². The van der Waals surface area contributed by atoms with E-state index in [1.54, 1.807) is 19.2 Å². The van der Waals surface area contributed by atoms with Crippen molar-refractivity contribution in [1.29, 1.82) is 0 Å². The van der Waals surface area contributed by atoms with Gasteiger partial charge in [-0.15, -0.1) is 0 Å². The molecule has 0 aliphatic rings. The second-order valence-electron chi connectivity index (χ2n) is 2.91. The van der Waals surface area contributed by atoms with Crippen LogP contribution in [-0.4, -0.2) is 18.6 Å². The van der Waals surface area contributed by atoms with Gasteiger partial charge in [0.15, 0.2) is 0 Å². The maximum Gasteiger partial charge on any atom is 0.269 e. The van der Waals surface area contributed by atoms with Crippen molar-refractivity contribution in [2.45, 2.75) is 6.04 Å². The van der Waals surface area contributed by atoms with Gasteiger partial charge < -0.3 is 10.5 Å². The zero-order valence-electron chi connectivity index (χ0n) is 7.84. The molecule has 0 aliphatic heterocycles. The Bertz CT molecular complexity index is 310. The fourth-order valence-corrected chi connectivity index (χ4v) is 1.12. The Morgan fingerprint density at radius 1 is 1.50 bits per heavy atom. The summed E-state index contributed by atoms with van der Waals surface area (Å²) in [4.78, 5) is 9.92. The normalized spacial score (nSPS) is 12.4. The molecular weight excluding hydrogens is 184 g/mol. The van der Waals surface area contributed by atoms with Crippen LogP contribution in [0.1, 0.15) is 11.6 Å². The van der Waals surface area contributed by atoms with E-state index in [1.165, 1.54) is 12.1 Å². The first-order chi connectivity index (χ1) is 6.65. The van der Waals surface area contributed by atoms with E-state index < -0.39 is 4.92 Å². The predicted molar refractivity (Wildman–Crippen MR) is 51.9 cm³/mol. The minimum absolute atomic E-state index is 0.0679. The van der Waals surface area contributed by atoms with Gasteiger partial charge in [0.25, 0.3) is 5.69 Å². The van der Waals surface area contributed by atoms with E-state index in [1.807, 2.05) is 0 Å². The van der Waals surface area contributed by atoms with Crippen molar-refractivity contribution >= 4 is 5.69 Å². The molecule has 0 amide bonds. The first kappa shape index (κ1) is 10.6. The zero-order chi connectivity index (χ0) is 10.6. The number of hydrogen-bond donors (Lipinski definition) is 1. The van der Waals surface area contributed by atoms with Crippen LogP contribution in [0.3, 0.4) is 0 Å². The fraction of sp³-hybridized carbons (Fsp3) is 0.333. The van der Waals surface area contributed by atoms with Crippen LogP contribution < -0.4 is 5.73 Å².